The van der Waals surface area contributed by atoms with Crippen LogP contribution in [0.3, 0.4) is 0 Å². The Morgan fingerprint density at radius 1 is 1.21 bits per heavy atom. The predicted molar refractivity (Wildman–Crippen MR) is 94.1 cm³/mol. The fourth-order valence-corrected chi connectivity index (χ4v) is 3.87. The van der Waals surface area contributed by atoms with Crippen LogP contribution in [-0.2, 0) is 16.1 Å². The average Bonchev–Trinajstić information content (AvgIpc) is 3.03. The van der Waals surface area contributed by atoms with Gasteiger partial charge in [0.05, 0.1) is 12.7 Å². The molecule has 1 saturated heterocycles. The summed E-state index contributed by atoms with van der Waals surface area (Å²) in [6.07, 6.45) is 2.09. The molecule has 0 aromatic heterocycles. The van der Waals surface area contributed by atoms with Crippen LogP contribution in [0.5, 0.6) is 0 Å². The summed E-state index contributed by atoms with van der Waals surface area (Å²) < 4.78 is 11.5. The third kappa shape index (κ3) is 4.22. The van der Waals surface area contributed by atoms with E-state index in [2.05, 4.69) is 0 Å². The van der Waals surface area contributed by atoms with Gasteiger partial charge in [0.1, 0.15) is 5.60 Å². The van der Waals surface area contributed by atoms with Crippen molar-refractivity contribution in [2.24, 2.45) is 11.8 Å². The van der Waals surface area contributed by atoms with Gasteiger partial charge in [-0.2, -0.15) is 0 Å². The first kappa shape index (κ1) is 17.6. The van der Waals surface area contributed by atoms with E-state index in [1.54, 1.807) is 0 Å². The third-order valence-electron chi connectivity index (χ3n) is 4.79. The van der Waals surface area contributed by atoms with Gasteiger partial charge in [0, 0.05) is 18.1 Å². The van der Waals surface area contributed by atoms with Crippen molar-refractivity contribution in [1.29, 1.82) is 0 Å². The van der Waals surface area contributed by atoms with Crippen molar-refractivity contribution in [3.8, 4) is 0 Å². The molecular weight excluding hydrogens is 326 g/mol. The minimum Gasteiger partial charge on any atom is -0.444 e. The molecule has 2 fully saturated rings. The molecule has 1 aliphatic carbocycles. The maximum atomic E-state index is 12.2. The molecule has 1 aromatic carbocycles. The lowest BCUT2D eigenvalue weighted by atomic mass is 10.0. The van der Waals surface area contributed by atoms with Gasteiger partial charge < -0.3 is 14.4 Å². The summed E-state index contributed by atoms with van der Waals surface area (Å²) in [6.45, 7) is 7.83. The number of fused-ring (bicyclic) bond motifs is 1. The molecule has 0 spiro atoms. The molecule has 2 aliphatic rings. The van der Waals surface area contributed by atoms with Gasteiger partial charge in [0.2, 0.25) is 0 Å². The highest BCUT2D eigenvalue weighted by atomic mass is 35.5. The number of carbonyl (C=O) groups is 1. The summed E-state index contributed by atoms with van der Waals surface area (Å²) in [7, 11) is 0. The quantitative estimate of drug-likeness (QED) is 0.804. The lowest BCUT2D eigenvalue weighted by Crippen LogP contribution is -2.36. The molecule has 1 heterocycles. The Morgan fingerprint density at radius 3 is 2.42 bits per heavy atom. The van der Waals surface area contributed by atoms with Crippen molar-refractivity contribution < 1.29 is 14.3 Å². The minimum atomic E-state index is -0.435. The highest BCUT2D eigenvalue weighted by molar-refractivity contribution is 6.31. The molecule has 0 bridgehead atoms. The number of ether oxygens (including phenoxy) is 2. The molecule has 3 rings (SSSR count). The number of carbonyl (C=O) groups excluding carboxylic acids is 1. The summed E-state index contributed by atoms with van der Waals surface area (Å²) in [6, 6.07) is 7.80. The van der Waals surface area contributed by atoms with E-state index in [0.717, 1.165) is 36.5 Å². The zero-order chi connectivity index (χ0) is 17.3. The first-order valence-electron chi connectivity index (χ1n) is 8.65. The van der Waals surface area contributed by atoms with E-state index in [1.807, 2.05) is 49.9 Å². The van der Waals surface area contributed by atoms with Crippen LogP contribution in [0.15, 0.2) is 24.3 Å². The standard InChI is InChI=1S/C19H26ClNO3/c1-19(2,3)24-18(22)21-10-14-8-16(9-15(14)11-21)23-12-13-6-4-5-7-17(13)20/h4-7,14-16H,8-12H2,1-3H3/t14-,15?,16+/m0/s1. The lowest BCUT2D eigenvalue weighted by molar-refractivity contribution is 0.0205. The normalized spacial score (nSPS) is 26.5. The van der Waals surface area contributed by atoms with E-state index >= 15 is 0 Å². The second-order valence-electron chi connectivity index (χ2n) is 7.90. The van der Waals surface area contributed by atoms with Gasteiger partial charge in [0.15, 0.2) is 0 Å². The van der Waals surface area contributed by atoms with Gasteiger partial charge in [-0.25, -0.2) is 4.79 Å². The summed E-state index contributed by atoms with van der Waals surface area (Å²) in [4.78, 5) is 14.0. The van der Waals surface area contributed by atoms with Gasteiger partial charge in [-0.1, -0.05) is 29.8 Å². The van der Waals surface area contributed by atoms with Crippen molar-refractivity contribution in [3.05, 3.63) is 34.9 Å². The molecule has 1 unspecified atom stereocenters. The third-order valence-corrected chi connectivity index (χ3v) is 5.16. The molecule has 0 radical (unpaired) electrons. The first-order chi connectivity index (χ1) is 11.3. The largest absolute Gasteiger partial charge is 0.444 e. The molecule has 1 saturated carbocycles. The first-order valence-corrected chi connectivity index (χ1v) is 9.02. The van der Waals surface area contributed by atoms with Crippen LogP contribution in [0.25, 0.3) is 0 Å². The lowest BCUT2D eigenvalue weighted by Gasteiger charge is -2.25. The van der Waals surface area contributed by atoms with Crippen LogP contribution in [-0.4, -0.2) is 35.8 Å². The highest BCUT2D eigenvalue weighted by Gasteiger charge is 2.43. The Bertz CT molecular complexity index is 585. The van der Waals surface area contributed by atoms with E-state index in [-0.39, 0.29) is 12.2 Å². The number of benzene rings is 1. The Hall–Kier alpha value is -1.26. The second kappa shape index (κ2) is 6.93. The molecule has 1 aliphatic heterocycles. The Labute approximate surface area is 149 Å². The molecule has 0 N–H and O–H groups in total. The monoisotopic (exact) mass is 351 g/mol. The molecule has 3 atom stereocenters. The summed E-state index contributed by atoms with van der Waals surface area (Å²) in [5.41, 5.74) is 0.599. The van der Waals surface area contributed by atoms with Crippen LogP contribution in [0.4, 0.5) is 4.79 Å². The summed E-state index contributed by atoms with van der Waals surface area (Å²) in [5, 5.41) is 0.756. The molecular formula is C19H26ClNO3. The second-order valence-corrected chi connectivity index (χ2v) is 8.31. The summed E-state index contributed by atoms with van der Waals surface area (Å²) in [5.74, 6) is 1.04. The zero-order valence-corrected chi connectivity index (χ0v) is 15.4. The highest BCUT2D eigenvalue weighted by Crippen LogP contribution is 2.40. The van der Waals surface area contributed by atoms with Crippen LogP contribution >= 0.6 is 11.6 Å². The van der Waals surface area contributed by atoms with Crippen LogP contribution in [0, 0.1) is 11.8 Å². The van der Waals surface area contributed by atoms with Crippen molar-refractivity contribution in [3.63, 3.8) is 0 Å². The number of rotatable bonds is 3. The molecule has 24 heavy (non-hydrogen) atoms. The summed E-state index contributed by atoms with van der Waals surface area (Å²) >= 11 is 6.17. The molecule has 132 valence electrons. The van der Waals surface area contributed by atoms with Crippen LogP contribution < -0.4 is 0 Å². The zero-order valence-electron chi connectivity index (χ0n) is 14.6. The van der Waals surface area contributed by atoms with Crippen molar-refractivity contribution in [2.45, 2.75) is 51.9 Å². The maximum Gasteiger partial charge on any atom is 0.410 e. The number of hydrogen-bond acceptors (Lipinski definition) is 3. The Morgan fingerprint density at radius 2 is 1.83 bits per heavy atom. The van der Waals surface area contributed by atoms with Crippen molar-refractivity contribution in [2.75, 3.05) is 13.1 Å². The number of halogens is 1. The number of likely N-dealkylation sites (tertiary alicyclic amines) is 1. The van der Waals surface area contributed by atoms with Crippen molar-refractivity contribution >= 4 is 17.7 Å². The van der Waals surface area contributed by atoms with Gasteiger partial charge >= 0.3 is 6.09 Å². The number of nitrogens with zero attached hydrogens (tertiary/aromatic N) is 1. The predicted octanol–water partition coefficient (Wildman–Crippen LogP) is 4.50. The van der Waals surface area contributed by atoms with E-state index in [4.69, 9.17) is 21.1 Å². The van der Waals surface area contributed by atoms with E-state index < -0.39 is 5.60 Å². The average molecular weight is 352 g/mol. The smallest absolute Gasteiger partial charge is 0.410 e. The number of amides is 1. The Kier molecular flexibility index (Phi) is 5.07. The maximum absolute atomic E-state index is 12.2. The topological polar surface area (TPSA) is 38.8 Å². The number of hydrogen-bond donors (Lipinski definition) is 0. The van der Waals surface area contributed by atoms with Gasteiger partial charge in [0.25, 0.3) is 0 Å². The SMILES string of the molecule is CC(C)(C)OC(=O)N1CC2C[C@H](OCc3ccccc3Cl)C[C@H]2C1. The van der Waals surface area contributed by atoms with E-state index in [0.29, 0.717) is 18.4 Å². The fraction of sp³-hybridized carbons (Fsp3) is 0.632. The van der Waals surface area contributed by atoms with Gasteiger partial charge in [-0.05, 0) is 57.1 Å². The van der Waals surface area contributed by atoms with Crippen molar-refractivity contribution in [1.82, 2.24) is 4.90 Å². The van der Waals surface area contributed by atoms with Crippen LogP contribution in [0.2, 0.25) is 5.02 Å². The van der Waals surface area contributed by atoms with E-state index in [1.165, 1.54) is 0 Å². The molecule has 1 aromatic rings. The molecule has 4 nitrogen and oxygen atoms in total. The minimum absolute atomic E-state index is 0.189. The van der Waals surface area contributed by atoms with Gasteiger partial charge in [-0.15, -0.1) is 0 Å². The molecule has 5 heteroatoms. The van der Waals surface area contributed by atoms with Gasteiger partial charge in [-0.3, -0.25) is 0 Å². The Balaban J connectivity index is 1.47. The van der Waals surface area contributed by atoms with E-state index in [9.17, 15) is 4.79 Å². The molecule has 1 amide bonds. The fourth-order valence-electron chi connectivity index (χ4n) is 3.68. The van der Waals surface area contributed by atoms with Crippen LogP contribution in [0.1, 0.15) is 39.2 Å².